The number of hydrogen-bond donors (Lipinski definition) is 2. The highest BCUT2D eigenvalue weighted by atomic mass is 16.4. The third-order valence-corrected chi connectivity index (χ3v) is 5.91. The zero-order valence-electron chi connectivity index (χ0n) is 17.3. The molecule has 0 aromatic carbocycles. The number of aryl methyl sites for hydroxylation is 2. The molecule has 3 aromatic rings. The molecule has 0 unspecified atom stereocenters. The zero-order chi connectivity index (χ0) is 20.8. The number of fused-ring (bicyclic) bond motifs is 2. The third-order valence-electron chi connectivity index (χ3n) is 5.91. The van der Waals surface area contributed by atoms with Gasteiger partial charge in [0.05, 0.1) is 12.7 Å². The van der Waals surface area contributed by atoms with E-state index in [-0.39, 0.29) is 12.3 Å². The quantitative estimate of drug-likeness (QED) is 0.442. The van der Waals surface area contributed by atoms with E-state index in [4.69, 9.17) is 9.40 Å². The Bertz CT molecular complexity index is 998. The van der Waals surface area contributed by atoms with E-state index in [1.165, 1.54) is 12.0 Å². The van der Waals surface area contributed by atoms with E-state index in [2.05, 4.69) is 22.4 Å². The number of pyridine rings is 2. The maximum absolute atomic E-state index is 11.3. The molecule has 6 nitrogen and oxygen atoms in total. The Morgan fingerprint density at radius 1 is 1.20 bits per heavy atom. The number of carbonyl (C=O) groups is 1. The highest BCUT2D eigenvalue weighted by molar-refractivity contribution is 5.74. The Hall–Kier alpha value is -2.89. The maximum atomic E-state index is 11.3. The van der Waals surface area contributed by atoms with Crippen molar-refractivity contribution < 1.29 is 14.3 Å². The van der Waals surface area contributed by atoms with E-state index in [0.717, 1.165) is 74.0 Å². The summed E-state index contributed by atoms with van der Waals surface area (Å²) >= 11 is 0. The minimum Gasteiger partial charge on any atom is -0.481 e. The van der Waals surface area contributed by atoms with Crippen LogP contribution in [0.25, 0.3) is 11.1 Å². The van der Waals surface area contributed by atoms with Crippen LogP contribution in [0.3, 0.4) is 0 Å². The summed E-state index contributed by atoms with van der Waals surface area (Å²) in [6.07, 6.45) is 12.0. The smallest absolute Gasteiger partial charge is 0.303 e. The number of unbranched alkanes of at least 4 members (excludes halogenated alkanes) is 3. The van der Waals surface area contributed by atoms with Gasteiger partial charge in [-0.25, -0.2) is 9.97 Å². The summed E-state index contributed by atoms with van der Waals surface area (Å²) in [6, 6.07) is 8.25. The lowest BCUT2D eigenvalue weighted by Gasteiger charge is -2.17. The molecular weight excluding hydrogens is 378 g/mol. The molecule has 6 heteroatoms. The van der Waals surface area contributed by atoms with Gasteiger partial charge in [0, 0.05) is 23.8 Å². The molecule has 0 fully saturated rings. The Morgan fingerprint density at radius 2 is 2.10 bits per heavy atom. The molecule has 1 aliphatic rings. The van der Waals surface area contributed by atoms with Crippen LogP contribution in [0.5, 0.6) is 0 Å². The van der Waals surface area contributed by atoms with Gasteiger partial charge in [0.25, 0.3) is 0 Å². The molecule has 0 saturated carbocycles. The SMILES string of the molecule is O=C(O)C[C@H](CCCCCCc1ccc2c(n1)NCCC2)c1cnc2occc2c1. The Morgan fingerprint density at radius 3 is 3.00 bits per heavy atom. The van der Waals surface area contributed by atoms with Gasteiger partial charge < -0.3 is 14.8 Å². The van der Waals surface area contributed by atoms with Gasteiger partial charge in [-0.3, -0.25) is 4.79 Å². The molecule has 30 heavy (non-hydrogen) atoms. The summed E-state index contributed by atoms with van der Waals surface area (Å²) in [5.74, 6) is 0.292. The molecule has 4 rings (SSSR count). The number of carboxylic acid groups (broad SMARTS) is 1. The summed E-state index contributed by atoms with van der Waals surface area (Å²) in [7, 11) is 0. The van der Waals surface area contributed by atoms with Crippen LogP contribution in [0.4, 0.5) is 5.82 Å². The van der Waals surface area contributed by atoms with E-state index < -0.39 is 5.97 Å². The first-order valence-corrected chi connectivity index (χ1v) is 11.0. The number of aromatic nitrogens is 2. The summed E-state index contributed by atoms with van der Waals surface area (Å²) in [5.41, 5.74) is 4.07. The number of anilines is 1. The van der Waals surface area contributed by atoms with Gasteiger partial charge >= 0.3 is 5.97 Å². The number of hydrogen-bond acceptors (Lipinski definition) is 5. The molecule has 0 saturated heterocycles. The monoisotopic (exact) mass is 407 g/mol. The third kappa shape index (κ3) is 5.17. The highest BCUT2D eigenvalue weighted by Crippen LogP contribution is 2.28. The van der Waals surface area contributed by atoms with Crippen molar-refractivity contribution in [1.82, 2.24) is 9.97 Å². The van der Waals surface area contributed by atoms with Gasteiger partial charge in [-0.2, -0.15) is 0 Å². The van der Waals surface area contributed by atoms with E-state index in [1.807, 2.05) is 12.1 Å². The fourth-order valence-corrected chi connectivity index (χ4v) is 4.26. The molecule has 1 aliphatic heterocycles. The largest absolute Gasteiger partial charge is 0.481 e. The van der Waals surface area contributed by atoms with E-state index in [9.17, 15) is 9.90 Å². The first kappa shape index (κ1) is 20.4. The van der Waals surface area contributed by atoms with Gasteiger partial charge in [-0.05, 0) is 67.3 Å². The summed E-state index contributed by atoms with van der Waals surface area (Å²) < 4.78 is 5.29. The molecule has 4 heterocycles. The minimum absolute atomic E-state index is 0.0114. The zero-order valence-corrected chi connectivity index (χ0v) is 17.3. The van der Waals surface area contributed by atoms with Crippen LogP contribution < -0.4 is 5.32 Å². The number of furan rings is 1. The second-order valence-electron chi connectivity index (χ2n) is 8.17. The van der Waals surface area contributed by atoms with Crippen LogP contribution >= 0.6 is 0 Å². The Labute approximate surface area is 176 Å². The molecular formula is C24H29N3O3. The predicted octanol–water partition coefficient (Wildman–Crippen LogP) is 5.33. The standard InChI is InChI=1S/C24H29N3O3/c28-22(29)15-18(20-14-19-11-13-30-24(19)26-16-20)6-3-1-2-4-8-21-10-9-17-7-5-12-25-23(17)27-21/h9-11,13-14,16,18H,1-8,12,15H2,(H,25,27)(H,28,29)/t18-/m0/s1. The molecule has 158 valence electrons. The van der Waals surface area contributed by atoms with Crippen molar-refractivity contribution in [3.63, 3.8) is 0 Å². The second kappa shape index (κ2) is 9.74. The molecule has 0 radical (unpaired) electrons. The topological polar surface area (TPSA) is 88.2 Å². The normalized spacial score (nSPS) is 14.3. The highest BCUT2D eigenvalue weighted by Gasteiger charge is 2.17. The molecule has 0 spiro atoms. The number of rotatable bonds is 10. The van der Waals surface area contributed by atoms with Crippen molar-refractivity contribution in [3.8, 4) is 0 Å². The lowest BCUT2D eigenvalue weighted by atomic mass is 9.90. The molecule has 3 aromatic heterocycles. The van der Waals surface area contributed by atoms with E-state index in [1.54, 1.807) is 12.5 Å². The molecule has 0 amide bonds. The number of nitrogens with one attached hydrogen (secondary N) is 1. The lowest BCUT2D eigenvalue weighted by Crippen LogP contribution is -2.13. The van der Waals surface area contributed by atoms with Gasteiger partial charge in [0.2, 0.25) is 5.71 Å². The van der Waals surface area contributed by atoms with Crippen molar-refractivity contribution in [1.29, 1.82) is 0 Å². The van der Waals surface area contributed by atoms with Crippen molar-refractivity contribution in [3.05, 3.63) is 53.5 Å². The second-order valence-corrected chi connectivity index (χ2v) is 8.17. The lowest BCUT2D eigenvalue weighted by molar-refractivity contribution is -0.137. The molecule has 1 atom stereocenters. The predicted molar refractivity (Wildman–Crippen MR) is 117 cm³/mol. The average Bonchev–Trinajstić information content (AvgIpc) is 3.23. The van der Waals surface area contributed by atoms with Crippen LogP contribution in [0.2, 0.25) is 0 Å². The number of aliphatic carboxylic acids is 1. The fourth-order valence-electron chi connectivity index (χ4n) is 4.26. The first-order chi connectivity index (χ1) is 14.7. The molecule has 0 aliphatic carbocycles. The van der Waals surface area contributed by atoms with Crippen LogP contribution in [0, 0.1) is 0 Å². The van der Waals surface area contributed by atoms with Crippen molar-refractivity contribution >= 4 is 22.9 Å². The van der Waals surface area contributed by atoms with Crippen molar-refractivity contribution in [2.75, 3.05) is 11.9 Å². The van der Waals surface area contributed by atoms with Crippen molar-refractivity contribution in [2.45, 2.75) is 63.7 Å². The molecule has 0 bridgehead atoms. The summed E-state index contributed by atoms with van der Waals surface area (Å²) in [5, 5.41) is 13.6. The first-order valence-electron chi connectivity index (χ1n) is 11.0. The van der Waals surface area contributed by atoms with Crippen LogP contribution in [0.15, 0.2) is 41.1 Å². The maximum Gasteiger partial charge on any atom is 0.303 e. The fraction of sp³-hybridized carbons (Fsp3) is 0.458. The van der Waals surface area contributed by atoms with Gasteiger partial charge in [-0.15, -0.1) is 0 Å². The minimum atomic E-state index is -0.764. The van der Waals surface area contributed by atoms with Gasteiger partial charge in [0.15, 0.2) is 0 Å². The van der Waals surface area contributed by atoms with Crippen LogP contribution in [0.1, 0.15) is 67.7 Å². The summed E-state index contributed by atoms with van der Waals surface area (Å²) in [6.45, 7) is 1.02. The van der Waals surface area contributed by atoms with E-state index in [0.29, 0.717) is 5.71 Å². The molecule has 2 N–H and O–H groups in total. The Kier molecular flexibility index (Phi) is 6.62. The van der Waals surface area contributed by atoms with Gasteiger partial charge in [-0.1, -0.05) is 25.3 Å². The van der Waals surface area contributed by atoms with E-state index >= 15 is 0 Å². The summed E-state index contributed by atoms with van der Waals surface area (Å²) in [4.78, 5) is 20.4. The average molecular weight is 408 g/mol. The van der Waals surface area contributed by atoms with Crippen LogP contribution in [-0.2, 0) is 17.6 Å². The number of nitrogens with zero attached hydrogens (tertiary/aromatic N) is 2. The van der Waals surface area contributed by atoms with Gasteiger partial charge in [0.1, 0.15) is 5.82 Å². The van der Waals surface area contributed by atoms with Crippen LogP contribution in [-0.4, -0.2) is 27.6 Å². The Balaban J connectivity index is 1.24. The van der Waals surface area contributed by atoms with Crippen molar-refractivity contribution in [2.24, 2.45) is 0 Å². The number of carboxylic acids is 1.